The highest BCUT2D eigenvalue weighted by molar-refractivity contribution is 9.11. The van der Waals surface area contributed by atoms with Crippen molar-refractivity contribution >= 4 is 123 Å². The lowest BCUT2D eigenvalue weighted by molar-refractivity contribution is 0.231. The smallest absolute Gasteiger partial charge is 0.151 e. The first kappa shape index (κ1) is 92.6. The quantitative estimate of drug-likeness (QED) is 0.0402. The zero-order valence-electron chi connectivity index (χ0n) is 75.3. The molecule has 8 fully saturated rings. The third kappa shape index (κ3) is 20.5. The van der Waals surface area contributed by atoms with Gasteiger partial charge in [0.25, 0.3) is 0 Å². The van der Waals surface area contributed by atoms with Crippen molar-refractivity contribution in [2.45, 2.75) is 171 Å². The van der Waals surface area contributed by atoms with Crippen molar-refractivity contribution in [3.05, 3.63) is 173 Å². The number of aliphatic hydroxyl groups excluding tert-OH is 2. The average molecular weight is 1830 g/mol. The first-order valence-electron chi connectivity index (χ1n) is 45.6. The van der Waals surface area contributed by atoms with E-state index in [1.54, 1.807) is 26.4 Å². The number of hydrogen-bond donors (Lipinski definition) is 10. The second kappa shape index (κ2) is 41.6. The summed E-state index contributed by atoms with van der Waals surface area (Å²) in [6, 6.07) is 31.9. The monoisotopic (exact) mass is 1820 g/mol. The summed E-state index contributed by atoms with van der Waals surface area (Å²) in [6.07, 6.45) is 19.5. The van der Waals surface area contributed by atoms with E-state index < -0.39 is 0 Å². The molecule has 0 saturated carbocycles. The molecule has 0 atom stereocenters. The fourth-order valence-electron chi connectivity index (χ4n) is 22.0. The number of halogens is 4. The van der Waals surface area contributed by atoms with Crippen LogP contribution in [0.4, 0.5) is 99.8 Å². The fourth-order valence-corrected chi connectivity index (χ4v) is 22.7. The van der Waals surface area contributed by atoms with Gasteiger partial charge in [-0.05, 0) is 368 Å². The minimum atomic E-state index is -0.295. The number of nitrogen functional groups attached to an aromatic ring is 8. The van der Waals surface area contributed by atoms with Gasteiger partial charge in [-0.2, -0.15) is 0 Å². The Bertz CT molecular complexity index is 4290. The molecule has 0 radical (unpaired) electrons. The van der Waals surface area contributed by atoms with E-state index in [1.807, 2.05) is 62.4 Å². The third-order valence-corrected chi connectivity index (χ3v) is 32.2. The van der Waals surface area contributed by atoms with E-state index in [-0.39, 0.29) is 36.2 Å². The first-order valence-corrected chi connectivity index (χ1v) is 47.2. The van der Waals surface area contributed by atoms with E-state index in [2.05, 4.69) is 149 Å². The van der Waals surface area contributed by atoms with Crippen molar-refractivity contribution < 1.29 is 28.5 Å². The van der Waals surface area contributed by atoms with Gasteiger partial charge in [0.15, 0.2) is 11.6 Å². The number of nitrogens with two attached hydrogens (primary N) is 8. The topological polar surface area (TPSA) is 293 Å². The summed E-state index contributed by atoms with van der Waals surface area (Å²) in [5, 5.41) is 19.7. The molecule has 16 rings (SSSR count). The molecule has 0 aliphatic carbocycles. The number of anilines is 16. The van der Waals surface area contributed by atoms with E-state index in [1.165, 1.54) is 134 Å². The molecule has 0 amide bonds. The minimum Gasteiger partial charge on any atom is -0.494 e. The number of hydrogen-bond acceptors (Lipinski definition) is 20. The van der Waals surface area contributed by atoms with Crippen molar-refractivity contribution in [3.63, 3.8) is 0 Å². The lowest BCUT2D eigenvalue weighted by atomic mass is 9.78. The van der Waals surface area contributed by atoms with Crippen LogP contribution in [0.5, 0.6) is 11.5 Å². The third-order valence-electron chi connectivity index (χ3n) is 30.1. The maximum Gasteiger partial charge on any atom is 0.151 e. The van der Waals surface area contributed by atoms with Crippen LogP contribution in [0.25, 0.3) is 0 Å². The Morgan fingerprint density at radius 3 is 0.742 bits per heavy atom. The molecule has 124 heavy (non-hydrogen) atoms. The Kier molecular flexibility index (Phi) is 31.0. The van der Waals surface area contributed by atoms with E-state index in [0.717, 1.165) is 214 Å². The van der Waals surface area contributed by atoms with E-state index in [4.69, 9.17) is 55.3 Å². The van der Waals surface area contributed by atoms with Gasteiger partial charge in [0.05, 0.1) is 50.2 Å². The molecule has 0 bridgehead atoms. The van der Waals surface area contributed by atoms with Crippen LogP contribution in [0.1, 0.15) is 158 Å². The Labute approximate surface area is 753 Å². The van der Waals surface area contributed by atoms with Gasteiger partial charge in [0, 0.05) is 204 Å². The summed E-state index contributed by atoms with van der Waals surface area (Å²) >= 11 is 7.29. The number of ether oxygens (including phenoxy) is 2. The van der Waals surface area contributed by atoms with E-state index in [9.17, 15) is 19.0 Å². The van der Waals surface area contributed by atoms with Crippen LogP contribution in [0.15, 0.2) is 106 Å². The van der Waals surface area contributed by atoms with Crippen LogP contribution in [0, 0.1) is 114 Å². The Hall–Kier alpha value is -9.10. The second-order valence-corrected chi connectivity index (χ2v) is 38.2. The molecule has 0 aromatic heterocycles. The van der Waals surface area contributed by atoms with Gasteiger partial charge in [-0.3, -0.25) is 0 Å². The van der Waals surface area contributed by atoms with Crippen LogP contribution in [0.2, 0.25) is 0 Å². The predicted molar refractivity (Wildman–Crippen MR) is 524 cm³/mol. The van der Waals surface area contributed by atoms with Gasteiger partial charge in [-0.1, -0.05) is 0 Å². The number of aliphatic hydroxyl groups is 2. The standard InChI is InChI=1S/C26H38N4O4.C26H38N4.C24H32Br2N4.C24H32F2N4/c1-33-25-20(16-32)23(5-4-22(25)28)29-11-7-17(8-12-29)18-9-13-30(14-10-18)24-6-3-21(27)19(15-31)26(24)34-2;1-17-19(3)25(7-5-23(17)27)29-13-9-21(10-14-29)22-11-15-30(16-12-22)26-8-6-24(28)18(2)20(26)4;2*1-15-21(5-3-19(27)23(15)25)29-11-7-17(8-12-29)18-9-13-30(14-10-18)22-6-4-20(28)24(26)16(22)2/h3-6,17-18,31-32H,7-16,27-28H2,1-2H3;5-8,21-22H,9-16,27-28H2,1-4H3;2*3-6,17-18H,7-14,27-28H2,1-2H3. The number of methoxy groups -OCH3 is 2. The van der Waals surface area contributed by atoms with Gasteiger partial charge in [-0.25, -0.2) is 8.78 Å². The normalized spacial score (nSPS) is 18.5. The molecule has 8 aromatic rings. The lowest BCUT2D eigenvalue weighted by Gasteiger charge is -2.42. The second-order valence-electron chi connectivity index (χ2n) is 36.6. The summed E-state index contributed by atoms with van der Waals surface area (Å²) in [7, 11) is 3.23. The molecule has 0 spiro atoms. The van der Waals surface area contributed by atoms with Gasteiger partial charge >= 0.3 is 0 Å². The molecule has 8 aliphatic rings. The van der Waals surface area contributed by atoms with Gasteiger partial charge in [0.2, 0.25) is 0 Å². The van der Waals surface area contributed by atoms with Crippen LogP contribution >= 0.6 is 31.9 Å². The molecule has 20 nitrogen and oxygen atoms in total. The molecule has 8 saturated heterocycles. The summed E-state index contributed by atoms with van der Waals surface area (Å²) < 4.78 is 41.5. The Morgan fingerprint density at radius 2 is 0.468 bits per heavy atom. The molecule has 18 N–H and O–H groups in total. The highest BCUT2D eigenvalue weighted by atomic mass is 79.9. The lowest BCUT2D eigenvalue weighted by Crippen LogP contribution is -2.41. The molecule has 672 valence electrons. The van der Waals surface area contributed by atoms with Crippen molar-refractivity contribution in [2.75, 3.05) is 204 Å². The number of benzene rings is 8. The maximum atomic E-state index is 14.2. The Morgan fingerprint density at radius 1 is 0.258 bits per heavy atom. The number of piperidine rings is 8. The van der Waals surface area contributed by atoms with Gasteiger partial charge in [-0.15, -0.1) is 0 Å². The van der Waals surface area contributed by atoms with E-state index in [0.29, 0.717) is 63.2 Å². The van der Waals surface area contributed by atoms with Crippen LogP contribution in [-0.2, 0) is 13.2 Å². The summed E-state index contributed by atoms with van der Waals surface area (Å²) in [5.74, 6) is 6.92. The van der Waals surface area contributed by atoms with Crippen LogP contribution in [0.3, 0.4) is 0 Å². The zero-order chi connectivity index (χ0) is 88.5. The fraction of sp³-hybridized carbons (Fsp3) is 0.520. The average Bonchev–Trinajstić information content (AvgIpc) is 0.777. The molecule has 8 aliphatic heterocycles. The highest BCUT2D eigenvalue weighted by Crippen LogP contribution is 2.47. The molecule has 8 aromatic carbocycles. The summed E-state index contributed by atoms with van der Waals surface area (Å²) in [4.78, 5) is 19.5. The maximum absolute atomic E-state index is 14.2. The number of nitrogens with zero attached hydrogens (tertiary/aromatic N) is 8. The van der Waals surface area contributed by atoms with Crippen molar-refractivity contribution in [1.29, 1.82) is 0 Å². The highest BCUT2D eigenvalue weighted by Gasteiger charge is 2.37. The van der Waals surface area contributed by atoms with Crippen molar-refractivity contribution in [3.8, 4) is 11.5 Å². The van der Waals surface area contributed by atoms with Gasteiger partial charge in [0.1, 0.15) is 11.5 Å². The molecular formula is C100H140Br2F2N16O4. The van der Waals surface area contributed by atoms with Crippen molar-refractivity contribution in [1.82, 2.24) is 0 Å². The number of rotatable bonds is 16. The minimum absolute atomic E-state index is 0.0888. The largest absolute Gasteiger partial charge is 0.494 e. The molecular weight excluding hydrogens is 1690 g/mol. The van der Waals surface area contributed by atoms with E-state index >= 15 is 0 Å². The predicted octanol–water partition coefficient (Wildman–Crippen LogP) is 19.2. The van der Waals surface area contributed by atoms with Crippen LogP contribution in [-0.4, -0.2) is 129 Å². The Balaban J connectivity index is 0.000000142. The summed E-state index contributed by atoms with van der Waals surface area (Å²) in [5.41, 5.74) is 72.5. The SMILES string of the molecule is COc1c(N)ccc(N2CCC(C3CCN(c4ccc(N)c(CO)c4OC)CC3)CC2)c1CO.Cc1c(N)ccc(N2CCC(C3CCN(c4ccc(N)c(C)c4C)CC3)CC2)c1C.Cc1c(N2CCC(C3CCN(c4ccc(N)c(Br)c4C)CC3)CC2)ccc(N)c1Br.Cc1c(N2CCC(C3CCN(c4ccc(N)c(F)c4C)CC3)CC2)ccc(N)c1F. The first-order chi connectivity index (χ1) is 59.6. The summed E-state index contributed by atoms with van der Waals surface area (Å²) in [6.45, 7) is 33.4. The van der Waals surface area contributed by atoms with Crippen molar-refractivity contribution in [2.24, 2.45) is 47.3 Å². The molecule has 8 heterocycles. The van der Waals surface area contributed by atoms with Crippen LogP contribution < -0.4 is 94.5 Å². The molecule has 0 unspecified atom stereocenters. The molecule has 24 heteroatoms. The zero-order valence-corrected chi connectivity index (χ0v) is 78.5. The van der Waals surface area contributed by atoms with Gasteiger partial charge < -0.3 is 105 Å².